The van der Waals surface area contributed by atoms with Crippen LogP contribution in [-0.2, 0) is 0 Å². The van der Waals surface area contributed by atoms with Gasteiger partial charge in [-0.25, -0.2) is 0 Å². The first-order valence-electron chi connectivity index (χ1n) is 6.45. The van der Waals surface area contributed by atoms with Crippen molar-refractivity contribution < 1.29 is 4.79 Å². The van der Waals surface area contributed by atoms with Crippen LogP contribution >= 0.6 is 0 Å². The molecular formula is C15H24N2O. The van der Waals surface area contributed by atoms with Gasteiger partial charge in [0.05, 0.1) is 5.56 Å². The molecule has 1 rings (SSSR count). The zero-order valence-electron chi connectivity index (χ0n) is 12.3. The smallest absolute Gasteiger partial charge is 0.255 e. The van der Waals surface area contributed by atoms with Crippen LogP contribution in [0.1, 0.15) is 38.1 Å². The van der Waals surface area contributed by atoms with Crippen LogP contribution in [0.4, 0.5) is 5.69 Å². The molecule has 3 heteroatoms. The molecular weight excluding hydrogens is 224 g/mol. The molecule has 0 radical (unpaired) electrons. The summed E-state index contributed by atoms with van der Waals surface area (Å²) in [5, 5.41) is 0. The molecule has 100 valence electrons. The Balaban J connectivity index is 3.13. The average molecular weight is 248 g/mol. The summed E-state index contributed by atoms with van der Waals surface area (Å²) in [6, 6.07) is 8.36. The predicted molar refractivity (Wildman–Crippen MR) is 77.2 cm³/mol. The molecule has 1 amide bonds. The minimum Gasteiger partial charge on any atom is -0.372 e. The van der Waals surface area contributed by atoms with Gasteiger partial charge in [0.25, 0.3) is 5.91 Å². The maximum absolute atomic E-state index is 12.4. The molecule has 18 heavy (non-hydrogen) atoms. The SMILES string of the molecule is CC(C)N(C)C(=O)c1ccccc1N(C)C(C)C. The van der Waals surface area contributed by atoms with Crippen LogP contribution in [0.25, 0.3) is 0 Å². The highest BCUT2D eigenvalue weighted by atomic mass is 16.2. The van der Waals surface area contributed by atoms with E-state index in [4.69, 9.17) is 0 Å². The Kier molecular flexibility index (Phi) is 4.76. The van der Waals surface area contributed by atoms with Gasteiger partial charge in [0, 0.05) is 31.9 Å². The minimum absolute atomic E-state index is 0.0769. The Morgan fingerprint density at radius 2 is 1.56 bits per heavy atom. The summed E-state index contributed by atoms with van der Waals surface area (Å²) in [6.45, 7) is 8.28. The molecule has 0 saturated carbocycles. The maximum Gasteiger partial charge on any atom is 0.255 e. The van der Waals surface area contributed by atoms with E-state index in [-0.39, 0.29) is 11.9 Å². The molecule has 0 bridgehead atoms. The third kappa shape index (κ3) is 3.03. The molecule has 0 spiro atoms. The van der Waals surface area contributed by atoms with Gasteiger partial charge in [0.1, 0.15) is 0 Å². The fraction of sp³-hybridized carbons (Fsp3) is 0.533. The molecule has 3 nitrogen and oxygen atoms in total. The van der Waals surface area contributed by atoms with E-state index in [2.05, 4.69) is 18.7 Å². The fourth-order valence-electron chi connectivity index (χ4n) is 1.66. The van der Waals surface area contributed by atoms with E-state index in [1.807, 2.05) is 52.2 Å². The monoisotopic (exact) mass is 248 g/mol. The van der Waals surface area contributed by atoms with Crippen molar-refractivity contribution in [3.63, 3.8) is 0 Å². The van der Waals surface area contributed by atoms with Crippen molar-refractivity contribution in [2.24, 2.45) is 0 Å². The third-order valence-electron chi connectivity index (χ3n) is 3.38. The number of para-hydroxylation sites is 1. The van der Waals surface area contributed by atoms with Gasteiger partial charge in [-0.2, -0.15) is 0 Å². The van der Waals surface area contributed by atoms with Crippen molar-refractivity contribution in [2.45, 2.75) is 39.8 Å². The molecule has 0 aromatic heterocycles. The molecule has 0 heterocycles. The lowest BCUT2D eigenvalue weighted by Gasteiger charge is -2.28. The molecule has 0 aliphatic carbocycles. The number of hydrogen-bond acceptors (Lipinski definition) is 2. The maximum atomic E-state index is 12.4. The molecule has 0 aliphatic heterocycles. The molecule has 0 atom stereocenters. The number of nitrogens with zero attached hydrogens (tertiary/aromatic N) is 2. The molecule has 0 N–H and O–H groups in total. The molecule has 1 aromatic rings. The van der Waals surface area contributed by atoms with E-state index in [1.165, 1.54) is 0 Å². The summed E-state index contributed by atoms with van der Waals surface area (Å²) >= 11 is 0. The molecule has 1 aromatic carbocycles. The van der Waals surface area contributed by atoms with Crippen LogP contribution in [-0.4, -0.2) is 37.0 Å². The first-order valence-corrected chi connectivity index (χ1v) is 6.45. The van der Waals surface area contributed by atoms with Crippen LogP contribution < -0.4 is 4.90 Å². The van der Waals surface area contributed by atoms with Gasteiger partial charge in [-0.3, -0.25) is 4.79 Å². The second-order valence-electron chi connectivity index (χ2n) is 5.23. The van der Waals surface area contributed by atoms with Crippen molar-refractivity contribution in [1.29, 1.82) is 0 Å². The van der Waals surface area contributed by atoms with Crippen molar-refractivity contribution >= 4 is 11.6 Å². The van der Waals surface area contributed by atoms with E-state index in [0.29, 0.717) is 6.04 Å². The number of carbonyl (C=O) groups excluding carboxylic acids is 1. The van der Waals surface area contributed by atoms with E-state index < -0.39 is 0 Å². The van der Waals surface area contributed by atoms with Crippen LogP contribution in [0.3, 0.4) is 0 Å². The van der Waals surface area contributed by atoms with Crippen molar-refractivity contribution in [1.82, 2.24) is 4.90 Å². The minimum atomic E-state index is 0.0769. The number of carbonyl (C=O) groups is 1. The quantitative estimate of drug-likeness (QED) is 0.817. The van der Waals surface area contributed by atoms with Gasteiger partial charge in [-0.05, 0) is 39.8 Å². The van der Waals surface area contributed by atoms with Gasteiger partial charge in [-0.1, -0.05) is 12.1 Å². The van der Waals surface area contributed by atoms with Gasteiger partial charge in [0.2, 0.25) is 0 Å². The number of anilines is 1. The first-order chi connectivity index (χ1) is 8.36. The topological polar surface area (TPSA) is 23.6 Å². The highest BCUT2D eigenvalue weighted by Gasteiger charge is 2.19. The summed E-state index contributed by atoms with van der Waals surface area (Å²) in [5.74, 6) is 0.0769. The molecule has 0 saturated heterocycles. The summed E-state index contributed by atoms with van der Waals surface area (Å²) in [5.41, 5.74) is 1.76. The number of rotatable bonds is 4. The number of hydrogen-bond donors (Lipinski definition) is 0. The largest absolute Gasteiger partial charge is 0.372 e. The number of benzene rings is 1. The van der Waals surface area contributed by atoms with Crippen LogP contribution in [0.15, 0.2) is 24.3 Å². The van der Waals surface area contributed by atoms with E-state index in [0.717, 1.165) is 11.3 Å². The summed E-state index contributed by atoms with van der Waals surface area (Å²) in [4.78, 5) is 16.3. The lowest BCUT2D eigenvalue weighted by Crippen LogP contribution is -2.35. The number of amides is 1. The Morgan fingerprint density at radius 3 is 2.06 bits per heavy atom. The summed E-state index contributed by atoms with van der Waals surface area (Å²) < 4.78 is 0. The zero-order valence-corrected chi connectivity index (χ0v) is 12.3. The van der Waals surface area contributed by atoms with Crippen molar-refractivity contribution in [3.05, 3.63) is 29.8 Å². The zero-order chi connectivity index (χ0) is 13.9. The lowest BCUT2D eigenvalue weighted by atomic mass is 10.1. The molecule has 0 unspecified atom stereocenters. The third-order valence-corrected chi connectivity index (χ3v) is 3.38. The van der Waals surface area contributed by atoms with Gasteiger partial charge in [0.15, 0.2) is 0 Å². The van der Waals surface area contributed by atoms with E-state index >= 15 is 0 Å². The lowest BCUT2D eigenvalue weighted by molar-refractivity contribution is 0.0755. The normalized spacial score (nSPS) is 10.9. The molecule has 0 aliphatic rings. The average Bonchev–Trinajstić information content (AvgIpc) is 2.35. The van der Waals surface area contributed by atoms with Gasteiger partial charge >= 0.3 is 0 Å². The van der Waals surface area contributed by atoms with Crippen LogP contribution in [0.5, 0.6) is 0 Å². The van der Waals surface area contributed by atoms with Gasteiger partial charge in [-0.15, -0.1) is 0 Å². The molecule has 0 fully saturated rings. The second-order valence-corrected chi connectivity index (χ2v) is 5.23. The first kappa shape index (κ1) is 14.6. The standard InChI is InChI=1S/C15H24N2O/c1-11(2)16(5)14-10-8-7-9-13(14)15(18)17(6)12(3)4/h7-12H,1-6H3. The van der Waals surface area contributed by atoms with Crippen molar-refractivity contribution in [2.75, 3.05) is 19.0 Å². The summed E-state index contributed by atoms with van der Waals surface area (Å²) in [6.07, 6.45) is 0. The van der Waals surface area contributed by atoms with Crippen LogP contribution in [0, 0.1) is 0 Å². The Hall–Kier alpha value is -1.51. The Bertz CT molecular complexity index is 413. The predicted octanol–water partition coefficient (Wildman–Crippen LogP) is 3.01. The summed E-state index contributed by atoms with van der Waals surface area (Å²) in [7, 11) is 3.87. The second kappa shape index (κ2) is 5.89. The Morgan fingerprint density at radius 1 is 1.00 bits per heavy atom. The van der Waals surface area contributed by atoms with Crippen molar-refractivity contribution in [3.8, 4) is 0 Å². The highest BCUT2D eigenvalue weighted by Crippen LogP contribution is 2.22. The van der Waals surface area contributed by atoms with E-state index in [9.17, 15) is 4.79 Å². The van der Waals surface area contributed by atoms with Gasteiger partial charge < -0.3 is 9.80 Å². The van der Waals surface area contributed by atoms with Crippen LogP contribution in [0.2, 0.25) is 0 Å². The highest BCUT2D eigenvalue weighted by molar-refractivity contribution is 5.99. The fourth-order valence-corrected chi connectivity index (χ4v) is 1.66. The van der Waals surface area contributed by atoms with E-state index in [1.54, 1.807) is 4.90 Å². The Labute approximate surface area is 110 Å².